The summed E-state index contributed by atoms with van der Waals surface area (Å²) in [5, 5.41) is 8.66. The SMILES string of the molecule is Cc1cc(C(=O)N2CCCN(C(=O)Nc3cccc(Cl)c3)CC2)c2c(C)nn(C)c2n1. The largest absolute Gasteiger partial charge is 0.337 e. The molecule has 3 aromatic rings. The lowest BCUT2D eigenvalue weighted by molar-refractivity contribution is 0.0764. The van der Waals surface area contributed by atoms with Gasteiger partial charge in [0, 0.05) is 49.6 Å². The Morgan fingerprint density at radius 1 is 1.06 bits per heavy atom. The van der Waals surface area contributed by atoms with Crippen LogP contribution in [-0.4, -0.2) is 62.7 Å². The van der Waals surface area contributed by atoms with Gasteiger partial charge in [-0.25, -0.2) is 9.78 Å². The second-order valence-electron chi connectivity index (χ2n) is 7.79. The van der Waals surface area contributed by atoms with Crippen molar-refractivity contribution >= 4 is 40.3 Å². The molecule has 8 nitrogen and oxygen atoms in total. The fourth-order valence-corrected chi connectivity index (χ4v) is 4.19. The minimum atomic E-state index is -0.193. The van der Waals surface area contributed by atoms with Crippen LogP contribution in [0.25, 0.3) is 11.0 Å². The Balaban J connectivity index is 1.50. The first-order chi connectivity index (χ1) is 14.8. The van der Waals surface area contributed by atoms with Crippen molar-refractivity contribution in [2.24, 2.45) is 7.05 Å². The van der Waals surface area contributed by atoms with Crippen LogP contribution in [0.4, 0.5) is 10.5 Å². The van der Waals surface area contributed by atoms with Gasteiger partial charge in [0.2, 0.25) is 0 Å². The third-order valence-corrected chi connectivity index (χ3v) is 5.71. The molecule has 0 spiro atoms. The molecular weight excluding hydrogens is 416 g/mol. The molecule has 3 heterocycles. The summed E-state index contributed by atoms with van der Waals surface area (Å²) < 4.78 is 1.71. The van der Waals surface area contributed by atoms with Crippen molar-refractivity contribution in [2.45, 2.75) is 20.3 Å². The number of benzene rings is 1. The van der Waals surface area contributed by atoms with Crippen molar-refractivity contribution in [1.29, 1.82) is 0 Å². The molecular formula is C22H25ClN6O2. The van der Waals surface area contributed by atoms with E-state index >= 15 is 0 Å². The Morgan fingerprint density at radius 3 is 2.58 bits per heavy atom. The quantitative estimate of drug-likeness (QED) is 0.659. The van der Waals surface area contributed by atoms with Crippen molar-refractivity contribution in [3.05, 3.63) is 52.3 Å². The number of hydrogen-bond acceptors (Lipinski definition) is 4. The van der Waals surface area contributed by atoms with E-state index in [2.05, 4.69) is 15.4 Å². The van der Waals surface area contributed by atoms with Gasteiger partial charge in [-0.1, -0.05) is 17.7 Å². The van der Waals surface area contributed by atoms with E-state index in [1.807, 2.05) is 31.9 Å². The van der Waals surface area contributed by atoms with Crippen LogP contribution < -0.4 is 5.32 Å². The Kier molecular flexibility index (Phi) is 5.82. The van der Waals surface area contributed by atoms with Crippen LogP contribution in [0.1, 0.15) is 28.2 Å². The molecule has 31 heavy (non-hydrogen) atoms. The number of nitrogens with zero attached hydrogens (tertiary/aromatic N) is 5. The number of aryl methyl sites for hydroxylation is 3. The number of halogens is 1. The number of aromatic nitrogens is 3. The van der Waals surface area contributed by atoms with Crippen LogP contribution in [-0.2, 0) is 7.05 Å². The number of carbonyl (C=O) groups is 2. The number of fused-ring (bicyclic) bond motifs is 1. The van der Waals surface area contributed by atoms with Crippen LogP contribution >= 0.6 is 11.6 Å². The number of nitrogens with one attached hydrogen (secondary N) is 1. The predicted molar refractivity (Wildman–Crippen MR) is 121 cm³/mol. The van der Waals surface area contributed by atoms with Crippen molar-refractivity contribution in [2.75, 3.05) is 31.5 Å². The summed E-state index contributed by atoms with van der Waals surface area (Å²) >= 11 is 6.00. The summed E-state index contributed by atoms with van der Waals surface area (Å²) in [5.41, 5.74) is 3.53. The highest BCUT2D eigenvalue weighted by Gasteiger charge is 2.26. The lowest BCUT2D eigenvalue weighted by Crippen LogP contribution is -2.39. The van der Waals surface area contributed by atoms with Gasteiger partial charge in [-0.15, -0.1) is 0 Å². The Bertz CT molecular complexity index is 1160. The topological polar surface area (TPSA) is 83.4 Å². The maximum Gasteiger partial charge on any atom is 0.321 e. The molecule has 1 aliphatic heterocycles. The Hall–Kier alpha value is -3.13. The molecule has 4 rings (SSSR count). The molecule has 162 valence electrons. The molecule has 3 amide bonds. The second-order valence-corrected chi connectivity index (χ2v) is 8.23. The zero-order valence-corrected chi connectivity index (χ0v) is 18.6. The highest BCUT2D eigenvalue weighted by molar-refractivity contribution is 6.30. The minimum Gasteiger partial charge on any atom is -0.337 e. The molecule has 1 fully saturated rings. The summed E-state index contributed by atoms with van der Waals surface area (Å²) in [6.45, 7) is 5.85. The van der Waals surface area contributed by atoms with Crippen molar-refractivity contribution in [3.63, 3.8) is 0 Å². The van der Waals surface area contributed by atoms with Gasteiger partial charge in [0.25, 0.3) is 5.91 Å². The van der Waals surface area contributed by atoms with E-state index in [4.69, 9.17) is 11.6 Å². The highest BCUT2D eigenvalue weighted by atomic mass is 35.5. The maximum absolute atomic E-state index is 13.4. The summed E-state index contributed by atoms with van der Waals surface area (Å²) in [6.07, 6.45) is 0.702. The fourth-order valence-electron chi connectivity index (χ4n) is 4.00. The summed E-state index contributed by atoms with van der Waals surface area (Å²) in [5.74, 6) is -0.0521. The molecule has 2 aromatic heterocycles. The average Bonchev–Trinajstić information content (AvgIpc) is 2.90. The molecule has 1 aliphatic rings. The number of amides is 3. The van der Waals surface area contributed by atoms with E-state index in [1.54, 1.807) is 33.8 Å². The van der Waals surface area contributed by atoms with E-state index in [-0.39, 0.29) is 11.9 Å². The number of rotatable bonds is 2. The van der Waals surface area contributed by atoms with E-state index in [0.29, 0.717) is 54.5 Å². The second kappa shape index (κ2) is 8.55. The average molecular weight is 441 g/mol. The normalized spacial score (nSPS) is 14.6. The van der Waals surface area contributed by atoms with Gasteiger partial charge in [0.05, 0.1) is 16.6 Å². The van der Waals surface area contributed by atoms with Gasteiger partial charge in [-0.3, -0.25) is 9.48 Å². The molecule has 0 bridgehead atoms. The molecule has 1 aromatic carbocycles. The first-order valence-corrected chi connectivity index (χ1v) is 10.6. The highest BCUT2D eigenvalue weighted by Crippen LogP contribution is 2.24. The van der Waals surface area contributed by atoms with Crippen LogP contribution in [0.3, 0.4) is 0 Å². The number of carbonyl (C=O) groups excluding carboxylic acids is 2. The third-order valence-electron chi connectivity index (χ3n) is 5.47. The van der Waals surface area contributed by atoms with Crippen LogP contribution in [0, 0.1) is 13.8 Å². The van der Waals surface area contributed by atoms with Gasteiger partial charge in [0.15, 0.2) is 5.65 Å². The lowest BCUT2D eigenvalue weighted by atomic mass is 10.1. The van der Waals surface area contributed by atoms with Crippen molar-refractivity contribution in [1.82, 2.24) is 24.6 Å². The van der Waals surface area contributed by atoms with Crippen molar-refractivity contribution in [3.8, 4) is 0 Å². The maximum atomic E-state index is 13.4. The summed E-state index contributed by atoms with van der Waals surface area (Å²) in [7, 11) is 1.83. The molecule has 1 N–H and O–H groups in total. The fraction of sp³-hybridized carbons (Fsp3) is 0.364. The number of anilines is 1. The van der Waals surface area contributed by atoms with Crippen LogP contribution in [0.15, 0.2) is 30.3 Å². The van der Waals surface area contributed by atoms with E-state index in [1.165, 1.54) is 0 Å². The monoisotopic (exact) mass is 440 g/mol. The zero-order chi connectivity index (χ0) is 22.1. The van der Waals surface area contributed by atoms with Crippen LogP contribution in [0.2, 0.25) is 5.02 Å². The molecule has 0 radical (unpaired) electrons. The van der Waals surface area contributed by atoms with Gasteiger partial charge >= 0.3 is 6.03 Å². The standard InChI is InChI=1S/C22H25ClN6O2/c1-14-12-18(19-15(2)26-27(3)20(19)24-14)21(30)28-8-5-9-29(11-10-28)22(31)25-17-7-4-6-16(23)13-17/h4,6-7,12-13H,5,8-11H2,1-3H3,(H,25,31). The van der Waals surface area contributed by atoms with Crippen LogP contribution in [0.5, 0.6) is 0 Å². The third kappa shape index (κ3) is 4.34. The van der Waals surface area contributed by atoms with E-state index < -0.39 is 0 Å². The molecule has 0 saturated carbocycles. The van der Waals surface area contributed by atoms with E-state index in [9.17, 15) is 9.59 Å². The first kappa shape index (κ1) is 21.1. The summed E-state index contributed by atoms with van der Waals surface area (Å²) in [4.78, 5) is 34.2. The molecule has 1 saturated heterocycles. The Labute approximate surface area is 185 Å². The van der Waals surface area contributed by atoms with E-state index in [0.717, 1.165) is 16.8 Å². The minimum absolute atomic E-state index is 0.0521. The zero-order valence-electron chi connectivity index (χ0n) is 17.9. The number of urea groups is 1. The Morgan fingerprint density at radius 2 is 1.81 bits per heavy atom. The lowest BCUT2D eigenvalue weighted by Gasteiger charge is -2.23. The van der Waals surface area contributed by atoms with Gasteiger partial charge in [-0.2, -0.15) is 5.10 Å². The van der Waals surface area contributed by atoms with Crippen molar-refractivity contribution < 1.29 is 9.59 Å². The first-order valence-electron chi connectivity index (χ1n) is 10.2. The van der Waals surface area contributed by atoms with Gasteiger partial charge in [-0.05, 0) is 44.5 Å². The smallest absolute Gasteiger partial charge is 0.321 e. The molecule has 0 atom stereocenters. The molecule has 9 heteroatoms. The summed E-state index contributed by atoms with van der Waals surface area (Å²) in [6, 6.07) is 8.69. The van der Waals surface area contributed by atoms with Gasteiger partial charge < -0.3 is 15.1 Å². The molecule has 0 aliphatic carbocycles. The number of pyridine rings is 1. The molecule has 0 unspecified atom stereocenters. The number of hydrogen-bond donors (Lipinski definition) is 1. The predicted octanol–water partition coefficient (Wildman–Crippen LogP) is 3.62. The van der Waals surface area contributed by atoms with Gasteiger partial charge in [0.1, 0.15) is 0 Å².